The Morgan fingerprint density at radius 1 is 1.17 bits per heavy atom. The van der Waals surface area contributed by atoms with Crippen LogP contribution in [-0.2, 0) is 6.42 Å². The van der Waals surface area contributed by atoms with Crippen LogP contribution in [0.5, 0.6) is 5.75 Å². The maximum absolute atomic E-state index is 6.31. The number of halogens is 1. The van der Waals surface area contributed by atoms with Gasteiger partial charge in [0.2, 0.25) is 0 Å². The first-order valence-corrected chi connectivity index (χ1v) is 6.84. The van der Waals surface area contributed by atoms with Gasteiger partial charge in [-0.2, -0.15) is 0 Å². The van der Waals surface area contributed by atoms with Crippen LogP contribution < -0.4 is 4.74 Å². The van der Waals surface area contributed by atoms with E-state index in [1.165, 1.54) is 0 Å². The van der Waals surface area contributed by atoms with Crippen molar-refractivity contribution in [1.29, 1.82) is 0 Å². The van der Waals surface area contributed by atoms with E-state index in [0.29, 0.717) is 0 Å². The molecule has 0 fully saturated rings. The minimum absolute atomic E-state index is 0.727. The fourth-order valence-corrected chi connectivity index (χ4v) is 2.19. The second kappa shape index (κ2) is 6.05. The maximum Gasteiger partial charge on any atom is 0.120 e. The highest BCUT2D eigenvalue weighted by atomic mass is 35.5. The second-order valence-electron chi connectivity index (χ2n) is 4.37. The van der Waals surface area contributed by atoms with Crippen LogP contribution in [0.4, 0.5) is 0 Å². The molecule has 1 heterocycles. The SMILES string of the molecule is CCCOc1ccc2nc(CCC)cc(Cl)c2c1. The second-order valence-corrected chi connectivity index (χ2v) is 4.78. The molecule has 0 radical (unpaired) electrons. The van der Waals surface area contributed by atoms with Gasteiger partial charge in [-0.05, 0) is 37.1 Å². The first kappa shape index (κ1) is 13.2. The van der Waals surface area contributed by atoms with Crippen molar-refractivity contribution in [2.75, 3.05) is 6.61 Å². The molecule has 2 rings (SSSR count). The molecule has 0 aliphatic rings. The van der Waals surface area contributed by atoms with E-state index in [1.807, 2.05) is 24.3 Å². The first-order chi connectivity index (χ1) is 8.74. The number of benzene rings is 1. The van der Waals surface area contributed by atoms with Crippen molar-refractivity contribution in [3.05, 3.63) is 35.0 Å². The van der Waals surface area contributed by atoms with Crippen LogP contribution in [0.25, 0.3) is 10.9 Å². The minimum Gasteiger partial charge on any atom is -0.494 e. The van der Waals surface area contributed by atoms with Crippen molar-refractivity contribution < 1.29 is 4.74 Å². The zero-order valence-corrected chi connectivity index (χ0v) is 11.6. The molecule has 0 aliphatic carbocycles. The largest absolute Gasteiger partial charge is 0.494 e. The molecule has 96 valence electrons. The average molecular weight is 264 g/mol. The number of aryl methyl sites for hydroxylation is 1. The Bertz CT molecular complexity index is 539. The molecule has 2 aromatic rings. The van der Waals surface area contributed by atoms with Crippen molar-refractivity contribution in [1.82, 2.24) is 4.98 Å². The van der Waals surface area contributed by atoms with Crippen LogP contribution in [0.15, 0.2) is 24.3 Å². The summed E-state index contributed by atoms with van der Waals surface area (Å²) in [5.74, 6) is 0.858. The molecule has 3 heteroatoms. The molecule has 0 atom stereocenters. The summed E-state index contributed by atoms with van der Waals surface area (Å²) in [5, 5.41) is 1.72. The lowest BCUT2D eigenvalue weighted by molar-refractivity contribution is 0.318. The molecule has 0 amide bonds. The molecule has 0 spiro atoms. The zero-order chi connectivity index (χ0) is 13.0. The third-order valence-electron chi connectivity index (χ3n) is 2.76. The number of ether oxygens (including phenoxy) is 1. The van der Waals surface area contributed by atoms with Crippen LogP contribution in [-0.4, -0.2) is 11.6 Å². The fourth-order valence-electron chi connectivity index (χ4n) is 1.91. The number of aromatic nitrogens is 1. The Balaban J connectivity index is 2.38. The topological polar surface area (TPSA) is 22.1 Å². The van der Waals surface area contributed by atoms with Gasteiger partial charge in [-0.15, -0.1) is 0 Å². The highest BCUT2D eigenvalue weighted by molar-refractivity contribution is 6.35. The summed E-state index contributed by atoms with van der Waals surface area (Å²) in [7, 11) is 0. The number of nitrogens with zero attached hydrogens (tertiary/aromatic N) is 1. The number of fused-ring (bicyclic) bond motifs is 1. The van der Waals surface area contributed by atoms with Crippen molar-refractivity contribution in [3.8, 4) is 5.75 Å². The van der Waals surface area contributed by atoms with Gasteiger partial charge in [-0.25, -0.2) is 0 Å². The van der Waals surface area contributed by atoms with Gasteiger partial charge in [-0.3, -0.25) is 4.98 Å². The number of hydrogen-bond acceptors (Lipinski definition) is 2. The van der Waals surface area contributed by atoms with E-state index in [9.17, 15) is 0 Å². The summed E-state index contributed by atoms with van der Waals surface area (Å²) >= 11 is 6.31. The maximum atomic E-state index is 6.31. The highest BCUT2D eigenvalue weighted by Crippen LogP contribution is 2.27. The quantitative estimate of drug-likeness (QED) is 0.785. The van der Waals surface area contributed by atoms with Crippen molar-refractivity contribution in [2.45, 2.75) is 33.1 Å². The number of hydrogen-bond donors (Lipinski definition) is 0. The van der Waals surface area contributed by atoms with E-state index < -0.39 is 0 Å². The van der Waals surface area contributed by atoms with Gasteiger partial charge in [0.25, 0.3) is 0 Å². The Morgan fingerprint density at radius 3 is 2.72 bits per heavy atom. The molecule has 0 saturated carbocycles. The molecule has 0 bridgehead atoms. The summed E-state index contributed by atoms with van der Waals surface area (Å²) in [6.07, 6.45) is 3.04. The van der Waals surface area contributed by atoms with E-state index in [2.05, 4.69) is 18.8 Å². The summed E-state index contributed by atoms with van der Waals surface area (Å²) in [5.41, 5.74) is 1.99. The Morgan fingerprint density at radius 2 is 2.00 bits per heavy atom. The lowest BCUT2D eigenvalue weighted by Crippen LogP contribution is -1.96. The highest BCUT2D eigenvalue weighted by Gasteiger charge is 2.05. The molecule has 1 aromatic carbocycles. The normalized spacial score (nSPS) is 10.8. The first-order valence-electron chi connectivity index (χ1n) is 6.46. The number of pyridine rings is 1. The van der Waals surface area contributed by atoms with Gasteiger partial charge >= 0.3 is 0 Å². The molecule has 18 heavy (non-hydrogen) atoms. The summed E-state index contributed by atoms with van der Waals surface area (Å²) in [6.45, 7) is 4.96. The van der Waals surface area contributed by atoms with Crippen LogP contribution in [0.2, 0.25) is 5.02 Å². The number of rotatable bonds is 5. The molecule has 0 saturated heterocycles. The Kier molecular flexibility index (Phi) is 4.43. The van der Waals surface area contributed by atoms with E-state index in [4.69, 9.17) is 16.3 Å². The van der Waals surface area contributed by atoms with Gasteiger partial charge in [-0.1, -0.05) is 31.9 Å². The smallest absolute Gasteiger partial charge is 0.120 e. The summed E-state index contributed by atoms with van der Waals surface area (Å²) in [6, 6.07) is 7.86. The average Bonchev–Trinajstić information content (AvgIpc) is 2.37. The third-order valence-corrected chi connectivity index (χ3v) is 3.07. The van der Waals surface area contributed by atoms with Gasteiger partial charge in [0, 0.05) is 11.1 Å². The van der Waals surface area contributed by atoms with Crippen molar-refractivity contribution >= 4 is 22.5 Å². The van der Waals surface area contributed by atoms with Crippen LogP contribution >= 0.6 is 11.6 Å². The standard InChI is InChI=1S/C15H18ClNO/c1-3-5-11-9-14(16)13-10-12(18-8-4-2)6-7-15(13)17-11/h6-7,9-10H,3-5,8H2,1-2H3. The van der Waals surface area contributed by atoms with Gasteiger partial charge in [0.05, 0.1) is 17.1 Å². The minimum atomic E-state index is 0.727. The molecule has 0 N–H and O–H groups in total. The van der Waals surface area contributed by atoms with Gasteiger partial charge < -0.3 is 4.74 Å². The van der Waals surface area contributed by atoms with Crippen LogP contribution in [0, 0.1) is 0 Å². The van der Waals surface area contributed by atoms with Crippen LogP contribution in [0.1, 0.15) is 32.4 Å². The summed E-state index contributed by atoms with van der Waals surface area (Å²) < 4.78 is 5.61. The monoisotopic (exact) mass is 263 g/mol. The Labute approximate surface area is 113 Å². The molecule has 0 unspecified atom stereocenters. The van der Waals surface area contributed by atoms with Crippen molar-refractivity contribution in [3.63, 3.8) is 0 Å². The van der Waals surface area contributed by atoms with Gasteiger partial charge in [0.15, 0.2) is 0 Å². The lowest BCUT2D eigenvalue weighted by atomic mass is 10.1. The zero-order valence-electron chi connectivity index (χ0n) is 10.9. The fraction of sp³-hybridized carbons (Fsp3) is 0.400. The van der Waals surface area contributed by atoms with E-state index in [-0.39, 0.29) is 0 Å². The van der Waals surface area contributed by atoms with E-state index in [0.717, 1.165) is 53.2 Å². The predicted octanol–water partition coefficient (Wildman–Crippen LogP) is 4.63. The molecular weight excluding hydrogens is 246 g/mol. The predicted molar refractivity (Wildman–Crippen MR) is 76.5 cm³/mol. The van der Waals surface area contributed by atoms with Crippen molar-refractivity contribution in [2.24, 2.45) is 0 Å². The molecule has 1 aromatic heterocycles. The van der Waals surface area contributed by atoms with E-state index >= 15 is 0 Å². The lowest BCUT2D eigenvalue weighted by Gasteiger charge is -2.08. The third kappa shape index (κ3) is 2.94. The Hall–Kier alpha value is -1.28. The van der Waals surface area contributed by atoms with Crippen LogP contribution in [0.3, 0.4) is 0 Å². The molecular formula is C15H18ClNO. The summed E-state index contributed by atoms with van der Waals surface area (Å²) in [4.78, 5) is 4.61. The molecule has 0 aliphatic heterocycles. The van der Waals surface area contributed by atoms with E-state index in [1.54, 1.807) is 0 Å². The molecule has 2 nitrogen and oxygen atoms in total. The van der Waals surface area contributed by atoms with Gasteiger partial charge in [0.1, 0.15) is 5.75 Å².